The Bertz CT molecular complexity index is 453. The Labute approximate surface area is 84.3 Å². The lowest BCUT2D eigenvalue weighted by atomic mass is 9.93. The zero-order valence-electron chi connectivity index (χ0n) is 8.24. The summed E-state index contributed by atoms with van der Waals surface area (Å²) >= 11 is 0. The van der Waals surface area contributed by atoms with E-state index in [-0.39, 0.29) is 5.41 Å². The predicted molar refractivity (Wildman–Crippen MR) is 56.0 cm³/mol. The van der Waals surface area contributed by atoms with Crippen molar-refractivity contribution >= 4 is 10.0 Å². The van der Waals surface area contributed by atoms with E-state index in [2.05, 4.69) is 4.72 Å². The van der Waals surface area contributed by atoms with Crippen LogP contribution in [-0.4, -0.2) is 15.0 Å². The number of hydrogen-bond donors (Lipinski definition) is 1. The van der Waals surface area contributed by atoms with Gasteiger partial charge in [0.25, 0.3) is 0 Å². The van der Waals surface area contributed by atoms with Gasteiger partial charge in [-0.15, -0.1) is 0 Å². The predicted octanol–water partition coefficient (Wildman–Crippen LogP) is 1.33. The number of rotatable bonds is 0. The Morgan fingerprint density at radius 1 is 1.29 bits per heavy atom. The first-order valence-electron chi connectivity index (χ1n) is 4.52. The summed E-state index contributed by atoms with van der Waals surface area (Å²) in [5, 5.41) is 0. The second-order valence-electron chi connectivity index (χ2n) is 4.20. The topological polar surface area (TPSA) is 46.2 Å². The summed E-state index contributed by atoms with van der Waals surface area (Å²) in [6, 6.07) is 0. The Hall–Kier alpha value is -0.870. The normalized spacial score (nSPS) is 27.6. The molecule has 2 rings (SSSR count). The highest BCUT2D eigenvalue weighted by Crippen LogP contribution is 2.29. The molecule has 1 aliphatic carbocycles. The van der Waals surface area contributed by atoms with E-state index >= 15 is 0 Å². The first-order valence-corrected chi connectivity index (χ1v) is 6.00. The van der Waals surface area contributed by atoms with Crippen LogP contribution in [0.1, 0.15) is 13.8 Å². The lowest BCUT2D eigenvalue weighted by molar-refractivity contribution is 0.595. The van der Waals surface area contributed by atoms with Crippen molar-refractivity contribution in [2.75, 3.05) is 6.54 Å². The molecule has 0 bridgehead atoms. The van der Waals surface area contributed by atoms with Crippen LogP contribution in [0.3, 0.4) is 0 Å². The number of hydrogen-bond acceptors (Lipinski definition) is 2. The van der Waals surface area contributed by atoms with Crippen LogP contribution in [0.4, 0.5) is 0 Å². The molecule has 1 N–H and O–H groups in total. The Kier molecular flexibility index (Phi) is 1.94. The molecule has 0 radical (unpaired) electrons. The molecule has 76 valence electrons. The Morgan fingerprint density at radius 3 is 2.64 bits per heavy atom. The molecule has 4 heteroatoms. The van der Waals surface area contributed by atoms with Crippen molar-refractivity contribution in [1.29, 1.82) is 0 Å². The van der Waals surface area contributed by atoms with Crippen LogP contribution in [0.15, 0.2) is 34.8 Å². The Balaban J connectivity index is 2.53. The highest BCUT2D eigenvalue weighted by molar-refractivity contribution is 7.93. The monoisotopic (exact) mass is 211 g/mol. The molecule has 0 atom stereocenters. The Morgan fingerprint density at radius 2 is 1.93 bits per heavy atom. The molecule has 14 heavy (non-hydrogen) atoms. The molecular weight excluding hydrogens is 198 g/mol. The molecular formula is C10H13NO2S. The summed E-state index contributed by atoms with van der Waals surface area (Å²) in [6.45, 7) is 4.50. The minimum absolute atomic E-state index is 0.0696. The third-order valence-electron chi connectivity index (χ3n) is 2.44. The molecule has 1 aliphatic heterocycles. The number of allylic oxidation sites excluding steroid dienone is 3. The first kappa shape index (κ1) is 9.68. The van der Waals surface area contributed by atoms with E-state index in [1.807, 2.05) is 32.1 Å². The minimum atomic E-state index is -3.23. The molecule has 0 aromatic heterocycles. The highest BCUT2D eigenvalue weighted by atomic mass is 32.2. The van der Waals surface area contributed by atoms with Gasteiger partial charge in [-0.3, -0.25) is 0 Å². The van der Waals surface area contributed by atoms with Gasteiger partial charge in [-0.05, 0) is 11.6 Å². The maximum absolute atomic E-state index is 11.5. The van der Waals surface area contributed by atoms with E-state index in [1.165, 1.54) is 0 Å². The molecule has 0 fully saturated rings. The molecule has 2 aliphatic rings. The number of nitrogens with one attached hydrogen (secondary N) is 1. The van der Waals surface area contributed by atoms with E-state index in [4.69, 9.17) is 0 Å². The average molecular weight is 211 g/mol. The van der Waals surface area contributed by atoms with Crippen molar-refractivity contribution in [2.24, 2.45) is 5.41 Å². The largest absolute Gasteiger partial charge is 0.241 e. The van der Waals surface area contributed by atoms with Crippen molar-refractivity contribution in [3.05, 3.63) is 34.8 Å². The molecule has 0 spiro atoms. The lowest BCUT2D eigenvalue weighted by Crippen LogP contribution is -2.18. The fourth-order valence-corrected chi connectivity index (χ4v) is 2.74. The van der Waals surface area contributed by atoms with Crippen LogP contribution in [0.25, 0.3) is 0 Å². The van der Waals surface area contributed by atoms with Crippen molar-refractivity contribution in [3.8, 4) is 0 Å². The lowest BCUT2D eigenvalue weighted by Gasteiger charge is -2.12. The van der Waals surface area contributed by atoms with Crippen molar-refractivity contribution in [1.82, 2.24) is 4.72 Å². The maximum Gasteiger partial charge on any atom is 0.241 e. The third kappa shape index (κ3) is 1.55. The van der Waals surface area contributed by atoms with E-state index in [1.54, 1.807) is 6.08 Å². The second-order valence-corrected chi connectivity index (χ2v) is 5.94. The summed E-state index contributed by atoms with van der Waals surface area (Å²) in [4.78, 5) is 0.416. The fraction of sp³-hybridized carbons (Fsp3) is 0.400. The van der Waals surface area contributed by atoms with Crippen LogP contribution in [-0.2, 0) is 10.0 Å². The van der Waals surface area contributed by atoms with Gasteiger partial charge in [0.15, 0.2) is 0 Å². The van der Waals surface area contributed by atoms with Gasteiger partial charge >= 0.3 is 0 Å². The molecule has 1 heterocycles. The molecule has 0 amide bonds. The molecule has 0 aromatic carbocycles. The minimum Gasteiger partial charge on any atom is -0.207 e. The highest BCUT2D eigenvalue weighted by Gasteiger charge is 2.27. The summed E-state index contributed by atoms with van der Waals surface area (Å²) < 4.78 is 25.5. The SMILES string of the molecule is CC1(C)C=CC2=C(C=C1)S(=O)(=O)NC2. The third-order valence-corrected chi connectivity index (χ3v) is 3.94. The summed E-state index contributed by atoms with van der Waals surface area (Å²) in [5.41, 5.74) is 0.784. The van der Waals surface area contributed by atoms with Gasteiger partial charge in [-0.25, -0.2) is 13.1 Å². The molecule has 0 unspecified atom stereocenters. The second kappa shape index (κ2) is 2.81. The molecule has 0 saturated carbocycles. The van der Waals surface area contributed by atoms with Crippen molar-refractivity contribution in [3.63, 3.8) is 0 Å². The van der Waals surface area contributed by atoms with E-state index in [9.17, 15) is 8.42 Å². The zero-order chi connectivity index (χ0) is 10.4. The molecule has 0 saturated heterocycles. The van der Waals surface area contributed by atoms with Gasteiger partial charge in [0.2, 0.25) is 10.0 Å². The number of sulfonamides is 1. The van der Waals surface area contributed by atoms with Crippen LogP contribution < -0.4 is 4.72 Å². The first-order chi connectivity index (χ1) is 6.41. The van der Waals surface area contributed by atoms with Gasteiger partial charge < -0.3 is 0 Å². The summed E-state index contributed by atoms with van der Waals surface area (Å²) in [7, 11) is -3.23. The quantitative estimate of drug-likeness (QED) is 0.657. The smallest absolute Gasteiger partial charge is 0.207 e. The zero-order valence-corrected chi connectivity index (χ0v) is 9.06. The van der Waals surface area contributed by atoms with E-state index in [0.717, 1.165) is 5.57 Å². The fourth-order valence-electron chi connectivity index (χ4n) is 1.51. The summed E-state index contributed by atoms with van der Waals surface area (Å²) in [5.74, 6) is 0. The summed E-state index contributed by atoms with van der Waals surface area (Å²) in [6.07, 6.45) is 7.53. The van der Waals surface area contributed by atoms with E-state index < -0.39 is 10.0 Å². The van der Waals surface area contributed by atoms with Crippen molar-refractivity contribution < 1.29 is 8.42 Å². The van der Waals surface area contributed by atoms with Gasteiger partial charge in [0, 0.05) is 12.0 Å². The van der Waals surface area contributed by atoms with Crippen LogP contribution in [0.5, 0.6) is 0 Å². The molecule has 0 aromatic rings. The van der Waals surface area contributed by atoms with E-state index in [0.29, 0.717) is 11.4 Å². The van der Waals surface area contributed by atoms with Crippen LogP contribution >= 0.6 is 0 Å². The van der Waals surface area contributed by atoms with Gasteiger partial charge in [-0.2, -0.15) is 0 Å². The average Bonchev–Trinajstić information content (AvgIpc) is 2.23. The standard InChI is InChI=1S/C10H13NO2S/c1-10(2)5-3-8-7-11-14(12,13)9(8)4-6-10/h3-6,11H,7H2,1-2H3. The van der Waals surface area contributed by atoms with Crippen LogP contribution in [0, 0.1) is 5.41 Å². The van der Waals surface area contributed by atoms with Gasteiger partial charge in [-0.1, -0.05) is 32.1 Å². The maximum atomic E-state index is 11.5. The van der Waals surface area contributed by atoms with Crippen molar-refractivity contribution in [2.45, 2.75) is 13.8 Å². The van der Waals surface area contributed by atoms with Crippen LogP contribution in [0.2, 0.25) is 0 Å². The van der Waals surface area contributed by atoms with Gasteiger partial charge in [0.05, 0.1) is 4.91 Å². The molecule has 3 nitrogen and oxygen atoms in total. The van der Waals surface area contributed by atoms with Gasteiger partial charge in [0.1, 0.15) is 0 Å².